The van der Waals surface area contributed by atoms with Crippen molar-refractivity contribution < 1.29 is 9.72 Å². The number of rotatable bonds is 4. The number of carbonyl (C=O) groups excluding carboxylic acids is 1. The smallest absolute Gasteiger partial charge is 0.293 e. The van der Waals surface area contributed by atoms with Gasteiger partial charge in [0.1, 0.15) is 5.69 Å². The summed E-state index contributed by atoms with van der Waals surface area (Å²) in [5, 5.41) is 16.9. The highest BCUT2D eigenvalue weighted by Gasteiger charge is 2.21. The Balaban J connectivity index is 0.00000220. The molecule has 0 radical (unpaired) electrons. The second kappa shape index (κ2) is 7.24. The molecule has 0 aromatic heterocycles. The zero-order chi connectivity index (χ0) is 14.7. The van der Waals surface area contributed by atoms with E-state index in [0.717, 1.165) is 19.4 Å². The molecule has 1 unspecified atom stereocenters. The topological polar surface area (TPSA) is 110 Å². The second-order valence-corrected chi connectivity index (χ2v) is 5.01. The molecule has 2 rings (SSSR count). The van der Waals surface area contributed by atoms with Crippen LogP contribution in [0.5, 0.6) is 0 Å². The van der Waals surface area contributed by atoms with Crippen LogP contribution in [0.3, 0.4) is 0 Å². The van der Waals surface area contributed by atoms with Gasteiger partial charge in [0.15, 0.2) is 0 Å². The molecule has 1 aromatic carbocycles. The van der Waals surface area contributed by atoms with Crippen LogP contribution in [0.1, 0.15) is 28.8 Å². The Morgan fingerprint density at radius 1 is 1.57 bits per heavy atom. The third kappa shape index (κ3) is 4.05. The van der Waals surface area contributed by atoms with Crippen LogP contribution in [0, 0.1) is 17.0 Å². The largest absolute Gasteiger partial charge is 0.393 e. The van der Waals surface area contributed by atoms with Crippen LogP contribution in [-0.2, 0) is 0 Å². The first-order valence-corrected chi connectivity index (χ1v) is 6.55. The van der Waals surface area contributed by atoms with Gasteiger partial charge in [-0.2, -0.15) is 0 Å². The average molecular weight is 315 g/mol. The third-order valence-corrected chi connectivity index (χ3v) is 3.42. The minimum Gasteiger partial charge on any atom is -0.393 e. The Bertz CT molecular complexity index is 544. The first-order chi connectivity index (χ1) is 9.49. The van der Waals surface area contributed by atoms with Gasteiger partial charge in [0.2, 0.25) is 0 Å². The molecule has 7 nitrogen and oxygen atoms in total. The molecule has 0 bridgehead atoms. The maximum absolute atomic E-state index is 12.1. The van der Waals surface area contributed by atoms with Crippen LogP contribution in [-0.4, -0.2) is 30.0 Å². The SMILES string of the molecule is Cc1cc(C(=O)NCC2CCCN2)c(N)c([N+](=O)[O-])c1.Cl. The number of amides is 1. The van der Waals surface area contributed by atoms with E-state index in [-0.39, 0.29) is 41.3 Å². The van der Waals surface area contributed by atoms with Gasteiger partial charge in [-0.15, -0.1) is 12.4 Å². The number of nitro benzene ring substituents is 1. The number of anilines is 1. The molecule has 1 aromatic rings. The number of nitro groups is 1. The summed E-state index contributed by atoms with van der Waals surface area (Å²) in [5.74, 6) is -0.372. The number of nitrogens with zero attached hydrogens (tertiary/aromatic N) is 1. The minimum absolute atomic E-state index is 0. The second-order valence-electron chi connectivity index (χ2n) is 5.01. The van der Waals surface area contributed by atoms with Crippen molar-refractivity contribution >= 4 is 29.7 Å². The Morgan fingerprint density at radius 3 is 2.86 bits per heavy atom. The van der Waals surface area contributed by atoms with Crippen molar-refractivity contribution in [3.63, 3.8) is 0 Å². The Morgan fingerprint density at radius 2 is 2.29 bits per heavy atom. The van der Waals surface area contributed by atoms with Gasteiger partial charge >= 0.3 is 0 Å². The molecule has 1 heterocycles. The van der Waals surface area contributed by atoms with Gasteiger partial charge in [-0.25, -0.2) is 0 Å². The molecule has 4 N–H and O–H groups in total. The first-order valence-electron chi connectivity index (χ1n) is 6.55. The number of nitrogens with one attached hydrogen (secondary N) is 2. The highest BCUT2D eigenvalue weighted by molar-refractivity contribution is 6.01. The van der Waals surface area contributed by atoms with Crippen molar-refractivity contribution in [2.45, 2.75) is 25.8 Å². The Labute approximate surface area is 128 Å². The molecule has 21 heavy (non-hydrogen) atoms. The lowest BCUT2D eigenvalue weighted by Gasteiger charge is -2.13. The summed E-state index contributed by atoms with van der Waals surface area (Å²) in [4.78, 5) is 22.4. The number of hydrogen-bond acceptors (Lipinski definition) is 5. The third-order valence-electron chi connectivity index (χ3n) is 3.42. The molecule has 0 aliphatic carbocycles. The molecule has 8 heteroatoms. The van der Waals surface area contributed by atoms with Gasteiger partial charge in [-0.3, -0.25) is 14.9 Å². The molecule has 1 fully saturated rings. The number of benzene rings is 1. The normalized spacial score (nSPS) is 17.1. The monoisotopic (exact) mass is 314 g/mol. The fourth-order valence-electron chi connectivity index (χ4n) is 2.36. The van der Waals surface area contributed by atoms with Crippen molar-refractivity contribution in [2.24, 2.45) is 0 Å². The van der Waals surface area contributed by atoms with Crippen molar-refractivity contribution in [3.8, 4) is 0 Å². The predicted molar refractivity (Wildman–Crippen MR) is 82.9 cm³/mol. The van der Waals surface area contributed by atoms with Gasteiger partial charge < -0.3 is 16.4 Å². The van der Waals surface area contributed by atoms with E-state index in [0.29, 0.717) is 12.1 Å². The van der Waals surface area contributed by atoms with Crippen molar-refractivity contribution in [1.82, 2.24) is 10.6 Å². The molecule has 0 spiro atoms. The lowest BCUT2D eigenvalue weighted by molar-refractivity contribution is -0.384. The molecule has 1 atom stereocenters. The number of nitrogens with two attached hydrogens (primary N) is 1. The van der Waals surface area contributed by atoms with E-state index in [2.05, 4.69) is 10.6 Å². The van der Waals surface area contributed by atoms with Crippen LogP contribution in [0.25, 0.3) is 0 Å². The predicted octanol–water partition coefficient (Wildman–Crippen LogP) is 1.39. The van der Waals surface area contributed by atoms with Gasteiger partial charge in [0.05, 0.1) is 10.5 Å². The highest BCUT2D eigenvalue weighted by Crippen LogP contribution is 2.27. The van der Waals surface area contributed by atoms with E-state index < -0.39 is 4.92 Å². The summed E-state index contributed by atoms with van der Waals surface area (Å²) in [6.07, 6.45) is 2.11. The zero-order valence-electron chi connectivity index (χ0n) is 11.7. The summed E-state index contributed by atoms with van der Waals surface area (Å²) in [6, 6.07) is 3.20. The number of carbonyl (C=O) groups is 1. The van der Waals surface area contributed by atoms with Crippen LogP contribution in [0.15, 0.2) is 12.1 Å². The minimum atomic E-state index is -0.572. The molecular weight excluding hydrogens is 296 g/mol. The van der Waals surface area contributed by atoms with Crippen molar-refractivity contribution in [1.29, 1.82) is 0 Å². The van der Waals surface area contributed by atoms with E-state index in [1.807, 2.05) is 0 Å². The van der Waals surface area contributed by atoms with Crippen LogP contribution in [0.4, 0.5) is 11.4 Å². The molecule has 116 valence electrons. The standard InChI is InChI=1S/C13H18N4O3.ClH/c1-8-5-10(12(14)11(6-8)17(19)20)13(18)16-7-9-3-2-4-15-9;/h5-6,9,15H,2-4,7,14H2,1H3,(H,16,18);1H. The van der Waals surface area contributed by atoms with E-state index in [1.165, 1.54) is 6.07 Å². The van der Waals surface area contributed by atoms with E-state index in [9.17, 15) is 14.9 Å². The van der Waals surface area contributed by atoms with E-state index in [4.69, 9.17) is 5.73 Å². The number of halogens is 1. The number of hydrogen-bond donors (Lipinski definition) is 3. The molecule has 0 saturated carbocycles. The van der Waals surface area contributed by atoms with Crippen LogP contribution >= 0.6 is 12.4 Å². The molecule has 1 aliphatic rings. The fourth-order valence-corrected chi connectivity index (χ4v) is 2.36. The van der Waals surface area contributed by atoms with Gasteiger partial charge in [-0.1, -0.05) is 0 Å². The Kier molecular flexibility index (Phi) is 5.92. The maximum Gasteiger partial charge on any atom is 0.293 e. The molecule has 1 aliphatic heterocycles. The Hall–Kier alpha value is -1.86. The lowest BCUT2D eigenvalue weighted by Crippen LogP contribution is -2.37. The zero-order valence-corrected chi connectivity index (χ0v) is 12.5. The molecular formula is C13H19ClN4O3. The summed E-state index contributed by atoms with van der Waals surface area (Å²) >= 11 is 0. The van der Waals surface area contributed by atoms with Crippen LogP contribution in [0.2, 0.25) is 0 Å². The van der Waals surface area contributed by atoms with E-state index in [1.54, 1.807) is 13.0 Å². The maximum atomic E-state index is 12.1. The molecule has 1 amide bonds. The lowest BCUT2D eigenvalue weighted by atomic mass is 10.1. The quantitative estimate of drug-likeness (QED) is 0.442. The van der Waals surface area contributed by atoms with Gasteiger partial charge in [0.25, 0.3) is 11.6 Å². The van der Waals surface area contributed by atoms with Crippen LogP contribution < -0.4 is 16.4 Å². The summed E-state index contributed by atoms with van der Waals surface area (Å²) in [7, 11) is 0. The van der Waals surface area contributed by atoms with Gasteiger partial charge in [0, 0.05) is 18.7 Å². The highest BCUT2D eigenvalue weighted by atomic mass is 35.5. The van der Waals surface area contributed by atoms with Crippen molar-refractivity contribution in [2.75, 3.05) is 18.8 Å². The fraction of sp³-hybridized carbons (Fsp3) is 0.462. The van der Waals surface area contributed by atoms with Crippen molar-refractivity contribution in [3.05, 3.63) is 33.4 Å². The summed E-state index contributed by atoms with van der Waals surface area (Å²) in [6.45, 7) is 3.15. The summed E-state index contributed by atoms with van der Waals surface area (Å²) in [5.41, 5.74) is 6.20. The number of aryl methyl sites for hydroxylation is 1. The first kappa shape index (κ1) is 17.2. The average Bonchev–Trinajstić information content (AvgIpc) is 2.91. The van der Waals surface area contributed by atoms with Gasteiger partial charge in [-0.05, 0) is 37.9 Å². The van der Waals surface area contributed by atoms with E-state index >= 15 is 0 Å². The number of nitrogen functional groups attached to an aromatic ring is 1. The summed E-state index contributed by atoms with van der Waals surface area (Å²) < 4.78 is 0. The molecule has 1 saturated heterocycles.